The molecule has 0 aromatic heterocycles. The molecule has 0 amide bonds. The minimum absolute atomic E-state index is 0.132. The van der Waals surface area contributed by atoms with Gasteiger partial charge in [-0.2, -0.15) is 4.31 Å². The average Bonchev–Trinajstić information content (AvgIpc) is 2.90. The van der Waals surface area contributed by atoms with Crippen LogP contribution in [0.15, 0.2) is 53.4 Å². The van der Waals surface area contributed by atoms with Crippen LogP contribution < -0.4 is 0 Å². The van der Waals surface area contributed by atoms with Gasteiger partial charge >= 0.3 is 0 Å². The number of benzene rings is 2. The van der Waals surface area contributed by atoms with E-state index in [1.54, 1.807) is 22.5 Å². The summed E-state index contributed by atoms with van der Waals surface area (Å²) in [6.07, 6.45) is 0.789. The number of hydrogen-bond donors (Lipinski definition) is 0. The largest absolute Gasteiger partial charge is 0.298 e. The zero-order valence-electron chi connectivity index (χ0n) is 15.9. The molecule has 0 N–H and O–H groups in total. The quantitative estimate of drug-likeness (QED) is 0.741. The molecule has 1 aliphatic rings. The molecule has 0 unspecified atom stereocenters. The number of sulfonamides is 1. The van der Waals surface area contributed by atoms with Gasteiger partial charge in [-0.05, 0) is 50.1 Å². The third kappa shape index (κ3) is 4.64. The summed E-state index contributed by atoms with van der Waals surface area (Å²) >= 11 is 0. The molecule has 0 atom stereocenters. The minimum atomic E-state index is -3.59. The zero-order valence-corrected chi connectivity index (χ0v) is 16.7. The number of aryl methyl sites for hydroxylation is 1. The Labute approximate surface area is 161 Å². The summed E-state index contributed by atoms with van der Waals surface area (Å²) in [5, 5.41) is 0. The van der Waals surface area contributed by atoms with E-state index in [4.69, 9.17) is 0 Å². The van der Waals surface area contributed by atoms with E-state index < -0.39 is 10.0 Å². The Kier molecular flexibility index (Phi) is 6.09. The number of rotatable bonds is 5. The highest BCUT2D eigenvalue weighted by Crippen LogP contribution is 2.20. The fourth-order valence-corrected chi connectivity index (χ4v) is 4.91. The summed E-state index contributed by atoms with van der Waals surface area (Å²) in [6, 6.07) is 14.6. The molecule has 0 radical (unpaired) electrons. The Morgan fingerprint density at radius 3 is 2.52 bits per heavy atom. The predicted octanol–water partition coefficient (Wildman–Crippen LogP) is 3.09. The summed E-state index contributed by atoms with van der Waals surface area (Å²) in [4.78, 5) is 14.1. The normalized spacial score (nSPS) is 16.8. The molecule has 1 heterocycles. The van der Waals surface area contributed by atoms with Crippen LogP contribution in [0.1, 0.15) is 34.8 Å². The van der Waals surface area contributed by atoms with Crippen molar-refractivity contribution >= 4 is 15.8 Å². The maximum absolute atomic E-state index is 13.0. The molecule has 2 aromatic carbocycles. The molecule has 2 aromatic rings. The summed E-state index contributed by atoms with van der Waals surface area (Å²) in [5.74, 6) is -0.132. The van der Waals surface area contributed by atoms with Crippen LogP contribution in [-0.4, -0.2) is 49.6 Å². The first-order valence-electron chi connectivity index (χ1n) is 9.26. The monoisotopic (exact) mass is 386 g/mol. The highest BCUT2D eigenvalue weighted by Gasteiger charge is 2.27. The Bertz CT molecular complexity index is 925. The van der Waals surface area contributed by atoms with Crippen molar-refractivity contribution in [3.05, 3.63) is 65.2 Å². The van der Waals surface area contributed by atoms with Crippen LogP contribution in [0, 0.1) is 6.92 Å². The van der Waals surface area contributed by atoms with Crippen LogP contribution in [0.5, 0.6) is 0 Å². The van der Waals surface area contributed by atoms with E-state index in [0.717, 1.165) is 19.5 Å². The third-order valence-corrected chi connectivity index (χ3v) is 6.98. The van der Waals surface area contributed by atoms with Crippen molar-refractivity contribution in [3.63, 3.8) is 0 Å². The number of hydrogen-bond acceptors (Lipinski definition) is 4. The predicted molar refractivity (Wildman–Crippen MR) is 106 cm³/mol. The van der Waals surface area contributed by atoms with Gasteiger partial charge in [-0.1, -0.05) is 36.4 Å². The maximum Gasteiger partial charge on any atom is 0.243 e. The molecule has 1 saturated heterocycles. The van der Waals surface area contributed by atoms with Gasteiger partial charge in [-0.3, -0.25) is 9.69 Å². The van der Waals surface area contributed by atoms with E-state index in [2.05, 4.69) is 24.0 Å². The Morgan fingerprint density at radius 2 is 1.78 bits per heavy atom. The van der Waals surface area contributed by atoms with Gasteiger partial charge in [-0.15, -0.1) is 0 Å². The molecular formula is C21H26N2O3S. The average molecular weight is 387 g/mol. The van der Waals surface area contributed by atoms with Crippen LogP contribution in [-0.2, 0) is 16.6 Å². The molecule has 0 spiro atoms. The fraction of sp³-hybridized carbons (Fsp3) is 0.381. The van der Waals surface area contributed by atoms with Crippen LogP contribution in [0.2, 0.25) is 0 Å². The van der Waals surface area contributed by atoms with Crippen LogP contribution in [0.4, 0.5) is 0 Å². The van der Waals surface area contributed by atoms with Gasteiger partial charge < -0.3 is 0 Å². The topological polar surface area (TPSA) is 57.7 Å². The maximum atomic E-state index is 13.0. The first-order valence-corrected chi connectivity index (χ1v) is 10.7. The highest BCUT2D eigenvalue weighted by molar-refractivity contribution is 7.89. The lowest BCUT2D eigenvalue weighted by Gasteiger charge is -2.22. The molecule has 0 aliphatic carbocycles. The van der Waals surface area contributed by atoms with E-state index in [1.165, 1.54) is 24.1 Å². The standard InChI is InChI=1S/C21H26N2O3S/c1-17-7-3-4-8-20(17)16-22-11-6-12-23(14-13-22)27(25,26)21-10-5-9-19(15-21)18(2)24/h3-5,7-10,15H,6,11-14,16H2,1-2H3. The SMILES string of the molecule is CC(=O)c1cccc(S(=O)(=O)N2CCCN(Cc3ccccc3C)CC2)c1. The van der Waals surface area contributed by atoms with Crippen molar-refractivity contribution in [3.8, 4) is 0 Å². The number of Topliss-reactive ketones (excluding diaryl/α,β-unsaturated/α-hetero) is 1. The van der Waals surface area contributed by atoms with E-state index in [-0.39, 0.29) is 10.7 Å². The lowest BCUT2D eigenvalue weighted by molar-refractivity contribution is 0.101. The molecular weight excluding hydrogens is 360 g/mol. The molecule has 0 bridgehead atoms. The van der Waals surface area contributed by atoms with Gasteiger partial charge in [0.2, 0.25) is 10.0 Å². The number of carbonyl (C=O) groups excluding carboxylic acids is 1. The number of carbonyl (C=O) groups is 1. The highest BCUT2D eigenvalue weighted by atomic mass is 32.2. The second-order valence-electron chi connectivity index (χ2n) is 7.04. The van der Waals surface area contributed by atoms with Gasteiger partial charge in [-0.25, -0.2) is 8.42 Å². The molecule has 5 nitrogen and oxygen atoms in total. The summed E-state index contributed by atoms with van der Waals surface area (Å²) in [7, 11) is -3.59. The van der Waals surface area contributed by atoms with Gasteiger partial charge in [0.05, 0.1) is 4.90 Å². The van der Waals surface area contributed by atoms with Gasteiger partial charge in [0, 0.05) is 31.7 Å². The molecule has 1 fully saturated rings. The Morgan fingerprint density at radius 1 is 1.00 bits per heavy atom. The second-order valence-corrected chi connectivity index (χ2v) is 8.98. The number of ketones is 1. The minimum Gasteiger partial charge on any atom is -0.298 e. The summed E-state index contributed by atoms with van der Waals surface area (Å²) in [5.41, 5.74) is 2.96. The van der Waals surface area contributed by atoms with E-state index in [0.29, 0.717) is 25.2 Å². The van der Waals surface area contributed by atoms with Gasteiger partial charge in [0.15, 0.2) is 5.78 Å². The first-order chi connectivity index (χ1) is 12.9. The molecule has 3 rings (SSSR count). The molecule has 1 aliphatic heterocycles. The van der Waals surface area contributed by atoms with Crippen molar-refractivity contribution in [2.24, 2.45) is 0 Å². The smallest absolute Gasteiger partial charge is 0.243 e. The summed E-state index contributed by atoms with van der Waals surface area (Å²) in [6.45, 7) is 6.90. The van der Waals surface area contributed by atoms with Crippen molar-refractivity contribution in [1.29, 1.82) is 0 Å². The first kappa shape index (κ1) is 19.7. The van der Waals surface area contributed by atoms with Crippen LogP contribution in [0.25, 0.3) is 0 Å². The Balaban J connectivity index is 1.72. The van der Waals surface area contributed by atoms with Crippen LogP contribution in [0.3, 0.4) is 0 Å². The lowest BCUT2D eigenvalue weighted by Crippen LogP contribution is -2.35. The number of nitrogens with zero attached hydrogens (tertiary/aromatic N) is 2. The van der Waals surface area contributed by atoms with Crippen LogP contribution >= 0.6 is 0 Å². The van der Waals surface area contributed by atoms with E-state index in [9.17, 15) is 13.2 Å². The van der Waals surface area contributed by atoms with Crippen molar-refractivity contribution in [1.82, 2.24) is 9.21 Å². The van der Waals surface area contributed by atoms with Crippen molar-refractivity contribution < 1.29 is 13.2 Å². The van der Waals surface area contributed by atoms with Gasteiger partial charge in [0.25, 0.3) is 0 Å². The van der Waals surface area contributed by atoms with Crippen molar-refractivity contribution in [2.75, 3.05) is 26.2 Å². The third-order valence-electron chi connectivity index (χ3n) is 5.08. The Hall–Kier alpha value is -2.02. The van der Waals surface area contributed by atoms with Crippen molar-refractivity contribution in [2.45, 2.75) is 31.7 Å². The second kappa shape index (κ2) is 8.33. The zero-order chi connectivity index (χ0) is 19.4. The lowest BCUT2D eigenvalue weighted by atomic mass is 10.1. The molecule has 27 heavy (non-hydrogen) atoms. The fourth-order valence-electron chi connectivity index (χ4n) is 3.40. The molecule has 0 saturated carbocycles. The molecule has 6 heteroatoms. The molecule has 144 valence electrons. The van der Waals surface area contributed by atoms with Gasteiger partial charge in [0.1, 0.15) is 0 Å². The van der Waals surface area contributed by atoms with E-state index in [1.807, 2.05) is 12.1 Å². The van der Waals surface area contributed by atoms with E-state index >= 15 is 0 Å². The summed E-state index contributed by atoms with van der Waals surface area (Å²) < 4.78 is 27.6.